The molecule has 0 saturated heterocycles. The molecule has 0 heterocycles. The van der Waals surface area contributed by atoms with Gasteiger partial charge in [-0.1, -0.05) is 18.2 Å². The molecule has 2 amide bonds. The number of halogens is 1. The molecule has 0 aliphatic heterocycles. The lowest BCUT2D eigenvalue weighted by molar-refractivity contribution is -0.120. The number of amides is 2. The summed E-state index contributed by atoms with van der Waals surface area (Å²) in [5.74, 6) is -2.41. The lowest BCUT2D eigenvalue weighted by Crippen LogP contribution is -2.30. The minimum Gasteiger partial charge on any atom is -0.494 e. The zero-order valence-electron chi connectivity index (χ0n) is 15.5. The highest BCUT2D eigenvalue weighted by Gasteiger charge is 2.21. The molecule has 0 fully saturated rings. The maximum atomic E-state index is 13.9. The molecule has 0 radical (unpaired) electrons. The number of nitrogens with one attached hydrogen (secondary N) is 2. The van der Waals surface area contributed by atoms with Crippen molar-refractivity contribution in [2.45, 2.75) is 26.3 Å². The van der Waals surface area contributed by atoms with E-state index in [9.17, 15) is 18.8 Å². The summed E-state index contributed by atoms with van der Waals surface area (Å²) < 4.78 is 19.5. The number of carboxylic acids is 1. The molecular formula is C20H21FN2O5. The first-order chi connectivity index (χ1) is 13.3. The van der Waals surface area contributed by atoms with Crippen LogP contribution in [-0.4, -0.2) is 29.5 Å². The van der Waals surface area contributed by atoms with Crippen LogP contribution in [0, 0.1) is 5.82 Å². The van der Waals surface area contributed by atoms with Crippen LogP contribution < -0.4 is 15.4 Å². The molecular weight excluding hydrogens is 367 g/mol. The SMILES string of the molecule is CCOc1ccccc1C(CC(=O)Nc1cc(C(=O)O)ccc1F)NC(C)=O. The van der Waals surface area contributed by atoms with E-state index in [4.69, 9.17) is 9.84 Å². The predicted octanol–water partition coefficient (Wildman–Crippen LogP) is 3.13. The van der Waals surface area contributed by atoms with Crippen LogP contribution in [0.25, 0.3) is 0 Å². The zero-order valence-corrected chi connectivity index (χ0v) is 15.5. The fourth-order valence-electron chi connectivity index (χ4n) is 2.68. The largest absolute Gasteiger partial charge is 0.494 e. The van der Waals surface area contributed by atoms with Crippen LogP contribution in [-0.2, 0) is 9.59 Å². The smallest absolute Gasteiger partial charge is 0.335 e. The van der Waals surface area contributed by atoms with Crippen molar-refractivity contribution in [3.05, 3.63) is 59.4 Å². The van der Waals surface area contributed by atoms with E-state index in [0.29, 0.717) is 17.9 Å². The number of carbonyl (C=O) groups excluding carboxylic acids is 2. The van der Waals surface area contributed by atoms with Crippen LogP contribution >= 0.6 is 0 Å². The van der Waals surface area contributed by atoms with Gasteiger partial charge in [0.15, 0.2) is 0 Å². The van der Waals surface area contributed by atoms with Gasteiger partial charge in [-0.05, 0) is 31.2 Å². The maximum absolute atomic E-state index is 13.9. The average molecular weight is 388 g/mol. The second-order valence-corrected chi connectivity index (χ2v) is 5.98. The Morgan fingerprint density at radius 2 is 1.89 bits per heavy atom. The summed E-state index contributed by atoms with van der Waals surface area (Å²) in [6.07, 6.45) is -0.194. The van der Waals surface area contributed by atoms with E-state index >= 15 is 0 Å². The lowest BCUT2D eigenvalue weighted by Gasteiger charge is -2.21. The number of anilines is 1. The molecule has 0 aliphatic carbocycles. The Morgan fingerprint density at radius 1 is 1.18 bits per heavy atom. The van der Waals surface area contributed by atoms with Gasteiger partial charge in [-0.2, -0.15) is 0 Å². The summed E-state index contributed by atoms with van der Waals surface area (Å²) in [4.78, 5) is 35.1. The molecule has 1 atom stereocenters. The molecule has 2 aromatic rings. The Labute approximate surface area is 161 Å². The second kappa shape index (κ2) is 9.50. The van der Waals surface area contributed by atoms with Crippen molar-refractivity contribution in [3.8, 4) is 5.75 Å². The van der Waals surface area contributed by atoms with Gasteiger partial charge in [0.05, 0.1) is 30.3 Å². The van der Waals surface area contributed by atoms with Crippen molar-refractivity contribution in [2.75, 3.05) is 11.9 Å². The Bertz CT molecular complexity index is 885. The number of hydrogen-bond acceptors (Lipinski definition) is 4. The summed E-state index contributed by atoms with van der Waals surface area (Å²) in [5.41, 5.74) is 0.204. The summed E-state index contributed by atoms with van der Waals surface area (Å²) in [7, 11) is 0. The number of ether oxygens (including phenoxy) is 1. The van der Waals surface area contributed by atoms with Gasteiger partial charge in [-0.25, -0.2) is 9.18 Å². The van der Waals surface area contributed by atoms with E-state index in [-0.39, 0.29) is 23.6 Å². The van der Waals surface area contributed by atoms with Crippen LogP contribution in [0.1, 0.15) is 42.2 Å². The van der Waals surface area contributed by atoms with E-state index in [1.165, 1.54) is 6.92 Å². The van der Waals surface area contributed by atoms with E-state index in [2.05, 4.69) is 10.6 Å². The molecule has 3 N–H and O–H groups in total. The molecule has 0 aromatic heterocycles. The summed E-state index contributed by atoms with van der Waals surface area (Å²) in [6, 6.07) is 9.38. The van der Waals surface area contributed by atoms with Crippen LogP contribution in [0.3, 0.4) is 0 Å². The van der Waals surface area contributed by atoms with Gasteiger partial charge < -0.3 is 20.5 Å². The van der Waals surface area contributed by atoms with Crippen LogP contribution in [0.2, 0.25) is 0 Å². The van der Waals surface area contributed by atoms with Gasteiger partial charge in [-0.15, -0.1) is 0 Å². The van der Waals surface area contributed by atoms with Crippen molar-refractivity contribution in [1.29, 1.82) is 0 Å². The molecule has 2 aromatic carbocycles. The monoisotopic (exact) mass is 388 g/mol. The molecule has 8 heteroatoms. The number of hydrogen-bond donors (Lipinski definition) is 3. The van der Waals surface area contributed by atoms with E-state index in [0.717, 1.165) is 18.2 Å². The van der Waals surface area contributed by atoms with Crippen LogP contribution in [0.5, 0.6) is 5.75 Å². The van der Waals surface area contributed by atoms with Gasteiger partial charge in [0.25, 0.3) is 0 Å². The van der Waals surface area contributed by atoms with Gasteiger partial charge in [0.2, 0.25) is 11.8 Å². The predicted molar refractivity (Wildman–Crippen MR) is 101 cm³/mol. The third-order valence-corrected chi connectivity index (χ3v) is 3.85. The Morgan fingerprint density at radius 3 is 2.54 bits per heavy atom. The zero-order chi connectivity index (χ0) is 20.7. The van der Waals surface area contributed by atoms with E-state index in [1.807, 2.05) is 6.92 Å². The summed E-state index contributed by atoms with van der Waals surface area (Å²) in [5, 5.41) is 14.1. The maximum Gasteiger partial charge on any atom is 0.335 e. The van der Waals surface area contributed by atoms with Gasteiger partial charge in [0.1, 0.15) is 11.6 Å². The highest BCUT2D eigenvalue weighted by molar-refractivity contribution is 5.94. The standard InChI is InChI=1S/C20H21FN2O5/c1-3-28-18-7-5-4-6-14(18)16(22-12(2)24)11-19(25)23-17-10-13(20(26)27)8-9-15(17)21/h4-10,16H,3,11H2,1-2H3,(H,22,24)(H,23,25)(H,26,27). The Kier molecular flexibility index (Phi) is 7.08. The minimum atomic E-state index is -1.24. The van der Waals surface area contributed by atoms with Crippen molar-refractivity contribution >= 4 is 23.5 Å². The number of benzene rings is 2. The highest BCUT2D eigenvalue weighted by atomic mass is 19.1. The molecule has 0 saturated carbocycles. The van der Waals surface area contributed by atoms with Gasteiger partial charge in [0, 0.05) is 12.5 Å². The fourth-order valence-corrected chi connectivity index (χ4v) is 2.68. The molecule has 148 valence electrons. The average Bonchev–Trinajstić information content (AvgIpc) is 2.63. The van der Waals surface area contributed by atoms with Crippen molar-refractivity contribution in [3.63, 3.8) is 0 Å². The molecule has 2 rings (SSSR count). The highest BCUT2D eigenvalue weighted by Crippen LogP contribution is 2.28. The number of carboxylic acid groups (broad SMARTS) is 1. The fraction of sp³-hybridized carbons (Fsp3) is 0.250. The van der Waals surface area contributed by atoms with Gasteiger partial charge in [-0.3, -0.25) is 9.59 Å². The number of para-hydroxylation sites is 1. The first-order valence-electron chi connectivity index (χ1n) is 8.63. The Balaban J connectivity index is 2.24. The van der Waals surface area contributed by atoms with E-state index in [1.54, 1.807) is 24.3 Å². The first-order valence-corrected chi connectivity index (χ1v) is 8.63. The van der Waals surface area contributed by atoms with E-state index < -0.39 is 23.7 Å². The van der Waals surface area contributed by atoms with Crippen molar-refractivity contribution in [1.82, 2.24) is 5.32 Å². The van der Waals surface area contributed by atoms with Crippen LogP contribution in [0.15, 0.2) is 42.5 Å². The quantitative estimate of drug-likeness (QED) is 0.644. The summed E-state index contributed by atoms with van der Waals surface area (Å²) >= 11 is 0. The topological polar surface area (TPSA) is 105 Å². The second-order valence-electron chi connectivity index (χ2n) is 5.98. The molecule has 0 aliphatic rings. The molecule has 0 bridgehead atoms. The van der Waals surface area contributed by atoms with Gasteiger partial charge >= 0.3 is 5.97 Å². The Hall–Kier alpha value is -3.42. The van der Waals surface area contributed by atoms with Crippen LogP contribution in [0.4, 0.5) is 10.1 Å². The first kappa shape index (κ1) is 20.9. The molecule has 0 spiro atoms. The number of carbonyl (C=O) groups is 3. The third-order valence-electron chi connectivity index (χ3n) is 3.85. The normalized spacial score (nSPS) is 11.4. The number of rotatable bonds is 8. The summed E-state index contributed by atoms with van der Waals surface area (Å²) in [6.45, 7) is 3.54. The number of aromatic carboxylic acids is 1. The molecule has 28 heavy (non-hydrogen) atoms. The molecule has 1 unspecified atom stereocenters. The van der Waals surface area contributed by atoms with Crippen molar-refractivity contribution in [2.24, 2.45) is 0 Å². The lowest BCUT2D eigenvalue weighted by atomic mass is 10.0. The molecule has 7 nitrogen and oxygen atoms in total. The van der Waals surface area contributed by atoms with Crippen molar-refractivity contribution < 1.29 is 28.6 Å². The third kappa shape index (κ3) is 5.54. The minimum absolute atomic E-state index is 0.156.